The van der Waals surface area contributed by atoms with Gasteiger partial charge in [-0.2, -0.15) is 0 Å². The second kappa shape index (κ2) is 16.1. The van der Waals surface area contributed by atoms with E-state index in [1.165, 1.54) is 14.2 Å². The smallest absolute Gasteiger partial charge is 0.438 e. The summed E-state index contributed by atoms with van der Waals surface area (Å²) in [5.41, 5.74) is 0. The summed E-state index contributed by atoms with van der Waals surface area (Å²) in [4.78, 5) is 10.0. The van der Waals surface area contributed by atoms with E-state index < -0.39 is 6.16 Å². The molecule has 0 N–H and O–H groups in total. The largest absolute Gasteiger partial charge is 0.510 e. The van der Waals surface area contributed by atoms with Crippen molar-refractivity contribution in [3.8, 4) is 0 Å². The van der Waals surface area contributed by atoms with Crippen LogP contribution in [0.5, 0.6) is 0 Å². The van der Waals surface area contributed by atoms with E-state index in [1.807, 2.05) is 0 Å². The first-order valence-electron chi connectivity index (χ1n) is 2.01. The number of methoxy groups -OCH3 is 2. The van der Waals surface area contributed by atoms with E-state index in [0.717, 1.165) is 0 Å². The molecule has 0 aromatic carbocycles. The number of carbonyl (C=O) groups is 1. The predicted octanol–water partition coefficient (Wildman–Crippen LogP) is 2.28. The summed E-state index contributed by atoms with van der Waals surface area (Å²) in [5.74, 6) is 0. The number of ether oxygens (including phenoxy) is 3. The summed E-state index contributed by atoms with van der Waals surface area (Å²) in [6.45, 7) is -0.0628. The van der Waals surface area contributed by atoms with Gasteiger partial charge in [0, 0.05) is 7.11 Å². The zero-order valence-electron chi connectivity index (χ0n) is 4.84. The van der Waals surface area contributed by atoms with Crippen molar-refractivity contribution in [3.05, 3.63) is 0 Å². The van der Waals surface area contributed by atoms with Gasteiger partial charge in [-0.25, -0.2) is 4.79 Å². The van der Waals surface area contributed by atoms with Gasteiger partial charge in [-0.15, -0.1) is 0 Å². The lowest BCUT2D eigenvalue weighted by Crippen LogP contribution is -2.05. The maximum atomic E-state index is 10.0. The average molecular weight is 168 g/mol. The molecule has 72 valence electrons. The molecular weight excluding hydrogens is 148 g/mol. The normalized spacial score (nSPS) is 6.00. The van der Waals surface area contributed by atoms with Crippen LogP contribution in [0.2, 0.25) is 0 Å². The Labute approximate surface area is 69.4 Å². The van der Waals surface area contributed by atoms with Gasteiger partial charge in [-0.3, -0.25) is 0 Å². The lowest BCUT2D eigenvalue weighted by atomic mass is 11.2. The molecule has 0 radical (unpaired) electrons. The molecule has 4 heteroatoms. The quantitative estimate of drug-likeness (QED) is 0.468. The van der Waals surface area contributed by atoms with Crippen LogP contribution in [-0.4, -0.2) is 27.2 Å². The van der Waals surface area contributed by atoms with Crippen molar-refractivity contribution in [2.75, 3.05) is 21.0 Å². The first-order chi connectivity index (χ1) is 3.81. The van der Waals surface area contributed by atoms with Crippen molar-refractivity contribution < 1.29 is 19.0 Å². The molecule has 0 heterocycles. The average Bonchev–Trinajstić information content (AvgIpc) is 1.83. The maximum absolute atomic E-state index is 10.0. The molecule has 0 rings (SSSR count). The van der Waals surface area contributed by atoms with Crippen LogP contribution in [0.15, 0.2) is 0 Å². The third-order valence-corrected chi connectivity index (χ3v) is 0.461. The van der Waals surface area contributed by atoms with Crippen LogP contribution in [0.1, 0.15) is 22.3 Å². The van der Waals surface area contributed by atoms with Gasteiger partial charge in [0.25, 0.3) is 0 Å². The third-order valence-electron chi connectivity index (χ3n) is 0.461. The van der Waals surface area contributed by atoms with Crippen LogP contribution >= 0.6 is 0 Å². The van der Waals surface area contributed by atoms with Crippen LogP contribution in [0.25, 0.3) is 0 Å². The van der Waals surface area contributed by atoms with Crippen molar-refractivity contribution >= 4 is 6.16 Å². The van der Waals surface area contributed by atoms with Crippen molar-refractivity contribution in [2.24, 2.45) is 0 Å². The topological polar surface area (TPSA) is 44.8 Å². The van der Waals surface area contributed by atoms with Crippen molar-refractivity contribution in [2.45, 2.75) is 22.3 Å². The predicted molar refractivity (Wildman–Crippen MR) is 45.6 cm³/mol. The lowest BCUT2D eigenvalue weighted by Gasteiger charge is -1.98. The molecule has 0 amide bonds. The summed E-state index contributed by atoms with van der Waals surface area (Å²) in [5, 5.41) is 0. The fourth-order valence-electron chi connectivity index (χ4n) is 0.166. The van der Waals surface area contributed by atoms with Gasteiger partial charge in [-0.05, 0) is 0 Å². The van der Waals surface area contributed by atoms with Crippen molar-refractivity contribution in [3.63, 3.8) is 0 Å². The fourth-order valence-corrected chi connectivity index (χ4v) is 0.166. The fraction of sp³-hybridized carbons (Fsp3) is 0.857. The van der Waals surface area contributed by atoms with Crippen molar-refractivity contribution in [1.29, 1.82) is 0 Å². The molecule has 0 aromatic rings. The molecular formula is C7H20O4. The second-order valence-corrected chi connectivity index (χ2v) is 1.00. The van der Waals surface area contributed by atoms with E-state index >= 15 is 0 Å². The Balaban J connectivity index is -0.0000000817. The Hall–Kier alpha value is -0.770. The molecule has 0 bridgehead atoms. The highest BCUT2D eigenvalue weighted by atomic mass is 16.8. The van der Waals surface area contributed by atoms with E-state index in [4.69, 9.17) is 0 Å². The lowest BCUT2D eigenvalue weighted by molar-refractivity contribution is -0.0190. The Morgan fingerprint density at radius 1 is 1.18 bits per heavy atom. The summed E-state index contributed by atoms with van der Waals surface area (Å²) >= 11 is 0. The molecule has 0 saturated heterocycles. The van der Waals surface area contributed by atoms with Gasteiger partial charge in [-0.1, -0.05) is 22.3 Å². The Morgan fingerprint density at radius 3 is 1.91 bits per heavy atom. The molecule has 0 aliphatic carbocycles. The molecule has 11 heavy (non-hydrogen) atoms. The van der Waals surface area contributed by atoms with E-state index in [-0.39, 0.29) is 29.1 Å². The highest BCUT2D eigenvalue weighted by Crippen LogP contribution is 1.79. The van der Waals surface area contributed by atoms with Gasteiger partial charge < -0.3 is 14.2 Å². The van der Waals surface area contributed by atoms with E-state index in [9.17, 15) is 4.79 Å². The minimum absolute atomic E-state index is 0. The molecule has 0 atom stereocenters. The van der Waals surface area contributed by atoms with E-state index in [2.05, 4.69) is 14.2 Å². The van der Waals surface area contributed by atoms with Gasteiger partial charge >= 0.3 is 6.16 Å². The third kappa shape index (κ3) is 17.6. The minimum Gasteiger partial charge on any atom is -0.438 e. The van der Waals surface area contributed by atoms with Gasteiger partial charge in [0.1, 0.15) is 0 Å². The number of hydrogen-bond acceptors (Lipinski definition) is 4. The van der Waals surface area contributed by atoms with Crippen LogP contribution in [0.3, 0.4) is 0 Å². The molecule has 0 unspecified atom stereocenters. The van der Waals surface area contributed by atoms with E-state index in [1.54, 1.807) is 0 Å². The zero-order valence-corrected chi connectivity index (χ0v) is 4.84. The summed E-state index contributed by atoms with van der Waals surface area (Å²) in [6.07, 6.45) is -0.730. The molecule has 0 saturated carbocycles. The summed E-state index contributed by atoms with van der Waals surface area (Å²) in [7, 11) is 2.65. The molecule has 0 spiro atoms. The first kappa shape index (κ1) is 22.5. The highest BCUT2D eigenvalue weighted by molar-refractivity contribution is 5.59. The highest BCUT2D eigenvalue weighted by Gasteiger charge is 1.95. The Kier molecular flexibility index (Phi) is 32.9. The number of rotatable bonds is 2. The van der Waals surface area contributed by atoms with Crippen molar-refractivity contribution in [1.82, 2.24) is 0 Å². The minimum atomic E-state index is -0.730. The first-order valence-corrected chi connectivity index (χ1v) is 2.01. The second-order valence-electron chi connectivity index (χ2n) is 1.00. The van der Waals surface area contributed by atoms with Crippen LogP contribution in [-0.2, 0) is 14.2 Å². The zero-order chi connectivity index (χ0) is 6.41. The molecule has 0 aromatic heterocycles. The van der Waals surface area contributed by atoms with Crippen LogP contribution < -0.4 is 0 Å². The van der Waals surface area contributed by atoms with Gasteiger partial charge in [0.2, 0.25) is 0 Å². The van der Waals surface area contributed by atoms with E-state index in [0.29, 0.717) is 0 Å². The van der Waals surface area contributed by atoms with Crippen LogP contribution in [0.4, 0.5) is 4.79 Å². The van der Waals surface area contributed by atoms with Gasteiger partial charge in [0.15, 0.2) is 6.79 Å². The Morgan fingerprint density at radius 2 is 1.64 bits per heavy atom. The number of hydrogen-bond donors (Lipinski definition) is 0. The number of carbonyl (C=O) groups excluding carboxylic acids is 1. The van der Waals surface area contributed by atoms with Gasteiger partial charge in [0.05, 0.1) is 7.11 Å². The molecule has 0 fully saturated rings. The summed E-state index contributed by atoms with van der Waals surface area (Å²) in [6, 6.07) is 0. The molecule has 0 aliphatic rings. The maximum Gasteiger partial charge on any atom is 0.510 e. The molecule has 0 aliphatic heterocycles. The SMILES string of the molecule is C.C.C.COCOC(=O)OC. The standard InChI is InChI=1S/C4H8O4.3CH4/c1-6-3-8-4(5)7-2;;;/h3H2,1-2H3;3*1H4. The molecule has 4 nitrogen and oxygen atoms in total. The Bertz CT molecular complexity index is 72.8. The monoisotopic (exact) mass is 168 g/mol. The van der Waals surface area contributed by atoms with Crippen LogP contribution in [0, 0.1) is 0 Å². The summed E-state index contributed by atoms with van der Waals surface area (Å²) < 4.78 is 12.8.